The van der Waals surface area contributed by atoms with Gasteiger partial charge in [0.15, 0.2) is 0 Å². The number of hydrogen-bond donors (Lipinski definition) is 1. The Kier molecular flexibility index (Phi) is 3.26. The van der Waals surface area contributed by atoms with Crippen molar-refractivity contribution in [2.45, 2.75) is 44.7 Å². The van der Waals surface area contributed by atoms with E-state index < -0.39 is 0 Å². The SMILES string of the molecule is Cc1ncsc1C(=O)N1CCCC1C(=O)NC1CC1. The zero-order valence-electron chi connectivity index (χ0n) is 10.9. The number of hydrogen-bond acceptors (Lipinski definition) is 4. The summed E-state index contributed by atoms with van der Waals surface area (Å²) in [6, 6.07) is 0.0461. The fourth-order valence-corrected chi connectivity index (χ4v) is 3.20. The van der Waals surface area contributed by atoms with Gasteiger partial charge in [0, 0.05) is 12.6 Å². The predicted octanol–water partition coefficient (Wildman–Crippen LogP) is 1.33. The minimum atomic E-state index is -0.297. The Hall–Kier alpha value is -1.43. The minimum Gasteiger partial charge on any atom is -0.352 e. The quantitative estimate of drug-likeness (QED) is 0.908. The fraction of sp³-hybridized carbons (Fsp3) is 0.615. The molecule has 1 aliphatic carbocycles. The highest BCUT2D eigenvalue weighted by molar-refractivity contribution is 7.11. The van der Waals surface area contributed by atoms with Crippen LogP contribution < -0.4 is 5.32 Å². The number of likely N-dealkylation sites (tertiary alicyclic amines) is 1. The lowest BCUT2D eigenvalue weighted by Crippen LogP contribution is -2.46. The van der Waals surface area contributed by atoms with Crippen LogP contribution in [0.3, 0.4) is 0 Å². The molecule has 3 rings (SSSR count). The first kappa shape index (κ1) is 12.6. The Balaban J connectivity index is 1.73. The minimum absolute atomic E-state index is 0.00974. The van der Waals surface area contributed by atoms with Gasteiger partial charge in [0.05, 0.1) is 11.2 Å². The largest absolute Gasteiger partial charge is 0.352 e. The van der Waals surface area contributed by atoms with Crippen molar-refractivity contribution >= 4 is 23.2 Å². The molecule has 0 aromatic carbocycles. The molecule has 5 nitrogen and oxygen atoms in total. The Morgan fingerprint density at radius 2 is 2.21 bits per heavy atom. The third-order valence-corrected chi connectivity index (χ3v) is 4.60. The predicted molar refractivity (Wildman–Crippen MR) is 72.1 cm³/mol. The topological polar surface area (TPSA) is 62.3 Å². The second kappa shape index (κ2) is 4.92. The van der Waals surface area contributed by atoms with Crippen molar-refractivity contribution in [2.24, 2.45) is 0 Å². The fourth-order valence-electron chi connectivity index (χ4n) is 2.45. The van der Waals surface area contributed by atoms with Gasteiger partial charge in [-0.3, -0.25) is 9.59 Å². The summed E-state index contributed by atoms with van der Waals surface area (Å²) in [7, 11) is 0. The first-order chi connectivity index (χ1) is 9.16. The summed E-state index contributed by atoms with van der Waals surface area (Å²) in [5.41, 5.74) is 2.43. The molecule has 0 radical (unpaired) electrons. The summed E-state index contributed by atoms with van der Waals surface area (Å²) in [4.78, 5) is 31.1. The van der Waals surface area contributed by atoms with E-state index in [1.165, 1.54) is 11.3 Å². The molecular formula is C13H17N3O2S. The first-order valence-corrected chi connectivity index (χ1v) is 7.56. The zero-order valence-corrected chi connectivity index (χ0v) is 11.7. The van der Waals surface area contributed by atoms with Gasteiger partial charge in [0.25, 0.3) is 5.91 Å². The molecule has 1 saturated carbocycles. The van der Waals surface area contributed by atoms with Crippen LogP contribution in [0.2, 0.25) is 0 Å². The highest BCUT2D eigenvalue weighted by Crippen LogP contribution is 2.25. The van der Waals surface area contributed by atoms with E-state index in [-0.39, 0.29) is 17.9 Å². The van der Waals surface area contributed by atoms with E-state index in [0.717, 1.165) is 31.4 Å². The zero-order chi connectivity index (χ0) is 13.4. The molecular weight excluding hydrogens is 262 g/mol. The number of nitrogens with zero attached hydrogens (tertiary/aromatic N) is 2. The van der Waals surface area contributed by atoms with E-state index in [9.17, 15) is 9.59 Å². The molecule has 1 atom stereocenters. The molecule has 2 fully saturated rings. The van der Waals surface area contributed by atoms with E-state index in [4.69, 9.17) is 0 Å². The molecule has 0 spiro atoms. The molecule has 1 N–H and O–H groups in total. The van der Waals surface area contributed by atoms with Crippen LogP contribution in [0.4, 0.5) is 0 Å². The number of thiazole rings is 1. The van der Waals surface area contributed by atoms with Crippen molar-refractivity contribution in [1.29, 1.82) is 0 Å². The summed E-state index contributed by atoms with van der Waals surface area (Å²) in [5.74, 6) is -0.0380. The lowest BCUT2D eigenvalue weighted by molar-refractivity contribution is -0.125. The van der Waals surface area contributed by atoms with Gasteiger partial charge >= 0.3 is 0 Å². The van der Waals surface area contributed by atoms with Gasteiger partial charge in [-0.05, 0) is 32.6 Å². The van der Waals surface area contributed by atoms with Crippen LogP contribution in [0.15, 0.2) is 5.51 Å². The maximum atomic E-state index is 12.5. The number of carbonyl (C=O) groups excluding carboxylic acids is 2. The van der Waals surface area contributed by atoms with Gasteiger partial charge in [-0.1, -0.05) is 0 Å². The van der Waals surface area contributed by atoms with Gasteiger partial charge < -0.3 is 10.2 Å². The van der Waals surface area contributed by atoms with Crippen molar-refractivity contribution < 1.29 is 9.59 Å². The lowest BCUT2D eigenvalue weighted by Gasteiger charge is -2.23. The van der Waals surface area contributed by atoms with E-state index in [1.807, 2.05) is 6.92 Å². The number of aryl methyl sites for hydroxylation is 1. The van der Waals surface area contributed by atoms with Crippen LogP contribution in [0.5, 0.6) is 0 Å². The van der Waals surface area contributed by atoms with Crippen molar-refractivity contribution in [3.05, 3.63) is 16.1 Å². The third-order valence-electron chi connectivity index (χ3n) is 3.68. The molecule has 6 heteroatoms. The van der Waals surface area contributed by atoms with Gasteiger partial charge in [0.2, 0.25) is 5.91 Å². The molecule has 1 unspecified atom stereocenters. The molecule has 19 heavy (non-hydrogen) atoms. The molecule has 1 aromatic heterocycles. The molecule has 2 heterocycles. The highest BCUT2D eigenvalue weighted by atomic mass is 32.1. The Labute approximate surface area is 116 Å². The third kappa shape index (κ3) is 2.49. The molecule has 102 valence electrons. The van der Waals surface area contributed by atoms with Crippen molar-refractivity contribution in [3.63, 3.8) is 0 Å². The lowest BCUT2D eigenvalue weighted by atomic mass is 10.2. The normalized spacial score (nSPS) is 22.6. The average molecular weight is 279 g/mol. The van der Waals surface area contributed by atoms with Gasteiger partial charge in [-0.25, -0.2) is 4.98 Å². The highest BCUT2D eigenvalue weighted by Gasteiger charge is 2.37. The summed E-state index contributed by atoms with van der Waals surface area (Å²) in [6.45, 7) is 2.50. The van der Waals surface area contributed by atoms with Crippen LogP contribution in [-0.2, 0) is 4.79 Å². The Morgan fingerprint density at radius 1 is 1.42 bits per heavy atom. The number of carbonyl (C=O) groups is 2. The second-order valence-electron chi connectivity index (χ2n) is 5.21. The van der Waals surface area contributed by atoms with E-state index in [2.05, 4.69) is 10.3 Å². The number of amides is 2. The number of rotatable bonds is 3. The van der Waals surface area contributed by atoms with Crippen LogP contribution >= 0.6 is 11.3 Å². The molecule has 2 aliphatic rings. The van der Waals surface area contributed by atoms with Crippen LogP contribution in [-0.4, -0.2) is 40.3 Å². The number of aromatic nitrogens is 1. The summed E-state index contributed by atoms with van der Waals surface area (Å²) in [5, 5.41) is 3.00. The number of nitrogens with one attached hydrogen (secondary N) is 1. The average Bonchev–Trinajstić information content (AvgIpc) is 2.92. The molecule has 0 bridgehead atoms. The molecule has 1 aliphatic heterocycles. The van der Waals surface area contributed by atoms with Crippen molar-refractivity contribution in [2.75, 3.05) is 6.54 Å². The molecule has 1 saturated heterocycles. The van der Waals surface area contributed by atoms with Crippen molar-refractivity contribution in [3.8, 4) is 0 Å². The second-order valence-corrected chi connectivity index (χ2v) is 6.06. The standard InChI is InChI=1S/C13H17N3O2S/c1-8-11(19-7-14-8)13(18)16-6-2-3-10(16)12(17)15-9-4-5-9/h7,9-10H,2-6H2,1H3,(H,15,17). The van der Waals surface area contributed by atoms with Gasteiger partial charge in [0.1, 0.15) is 10.9 Å². The van der Waals surface area contributed by atoms with E-state index in [1.54, 1.807) is 10.4 Å². The van der Waals surface area contributed by atoms with Gasteiger partial charge in [-0.2, -0.15) is 0 Å². The summed E-state index contributed by atoms with van der Waals surface area (Å²) in [6.07, 6.45) is 3.80. The van der Waals surface area contributed by atoms with Crippen LogP contribution in [0.25, 0.3) is 0 Å². The van der Waals surface area contributed by atoms with E-state index in [0.29, 0.717) is 17.5 Å². The summed E-state index contributed by atoms with van der Waals surface area (Å²) < 4.78 is 0. The monoisotopic (exact) mass is 279 g/mol. The van der Waals surface area contributed by atoms with Crippen LogP contribution in [0.1, 0.15) is 41.0 Å². The first-order valence-electron chi connectivity index (χ1n) is 6.68. The molecule has 1 aromatic rings. The summed E-state index contributed by atoms with van der Waals surface area (Å²) >= 11 is 1.35. The Bertz CT molecular complexity index is 510. The Morgan fingerprint density at radius 3 is 2.84 bits per heavy atom. The van der Waals surface area contributed by atoms with Gasteiger partial charge in [-0.15, -0.1) is 11.3 Å². The maximum Gasteiger partial charge on any atom is 0.266 e. The van der Waals surface area contributed by atoms with Crippen molar-refractivity contribution in [1.82, 2.24) is 15.2 Å². The molecule has 2 amide bonds. The van der Waals surface area contributed by atoms with E-state index >= 15 is 0 Å². The smallest absolute Gasteiger partial charge is 0.266 e. The maximum absolute atomic E-state index is 12.5. The van der Waals surface area contributed by atoms with Crippen LogP contribution in [0, 0.1) is 6.92 Å².